The number of aromatic nitrogens is 3. The molecule has 0 atom stereocenters. The highest BCUT2D eigenvalue weighted by molar-refractivity contribution is 7.99. The summed E-state index contributed by atoms with van der Waals surface area (Å²) < 4.78 is 30.2. The van der Waals surface area contributed by atoms with Crippen molar-refractivity contribution < 1.29 is 18.3 Å². The van der Waals surface area contributed by atoms with Crippen LogP contribution in [0.3, 0.4) is 0 Å². The molecule has 168 valence electrons. The molecule has 2 aromatic carbocycles. The van der Waals surface area contributed by atoms with Crippen LogP contribution in [0.5, 0.6) is 5.75 Å². The summed E-state index contributed by atoms with van der Waals surface area (Å²) in [5, 5.41) is 3.45. The van der Waals surface area contributed by atoms with Crippen LogP contribution >= 0.6 is 11.8 Å². The first kappa shape index (κ1) is 22.4. The predicted molar refractivity (Wildman–Crippen MR) is 122 cm³/mol. The Kier molecular flexibility index (Phi) is 6.64. The van der Waals surface area contributed by atoms with Crippen LogP contribution in [-0.2, 0) is 4.79 Å². The van der Waals surface area contributed by atoms with Gasteiger partial charge < -0.3 is 10.1 Å². The van der Waals surface area contributed by atoms with Gasteiger partial charge in [-0.3, -0.25) is 9.59 Å². The molecular formula is C23H18F2N4O3S. The van der Waals surface area contributed by atoms with Crippen LogP contribution in [0.1, 0.15) is 5.56 Å². The monoisotopic (exact) mass is 468 g/mol. The zero-order chi connectivity index (χ0) is 23.4. The highest BCUT2D eigenvalue weighted by Gasteiger charge is 2.16. The lowest BCUT2D eigenvalue weighted by atomic mass is 10.2. The number of amides is 1. The summed E-state index contributed by atoms with van der Waals surface area (Å²) in [4.78, 5) is 34.6. The molecule has 0 fully saturated rings. The zero-order valence-electron chi connectivity index (χ0n) is 17.4. The van der Waals surface area contributed by atoms with Crippen LogP contribution < -0.4 is 15.6 Å². The second-order valence-corrected chi connectivity index (χ2v) is 7.93. The van der Waals surface area contributed by atoms with Crippen molar-refractivity contribution in [2.24, 2.45) is 0 Å². The summed E-state index contributed by atoms with van der Waals surface area (Å²) >= 11 is 1.09. The van der Waals surface area contributed by atoms with Crippen LogP contribution in [0.25, 0.3) is 16.7 Å². The minimum absolute atomic E-state index is 0.00708. The van der Waals surface area contributed by atoms with Gasteiger partial charge in [-0.2, -0.15) is 8.78 Å². The Hall–Kier alpha value is -3.79. The average Bonchev–Trinajstić information content (AvgIpc) is 2.80. The number of benzene rings is 2. The van der Waals surface area contributed by atoms with Crippen molar-refractivity contribution in [3.63, 3.8) is 0 Å². The normalized spacial score (nSPS) is 11.0. The number of carbonyl (C=O) groups excluding carboxylic acids is 1. The van der Waals surface area contributed by atoms with E-state index < -0.39 is 6.61 Å². The van der Waals surface area contributed by atoms with Crippen LogP contribution in [0.2, 0.25) is 0 Å². The average molecular weight is 468 g/mol. The number of halogens is 2. The number of nitrogens with one attached hydrogen (secondary N) is 1. The van der Waals surface area contributed by atoms with E-state index in [9.17, 15) is 18.4 Å². The molecule has 4 aromatic rings. The standard InChI is InChI=1S/C23H18F2N4O3S/c1-14-6-11-19(26-12-14)29-21(31)17-4-2-3-5-18(17)28-23(29)33-13-20(30)27-15-7-9-16(10-8-15)32-22(24)25/h2-12,22H,13H2,1H3,(H,27,30). The maximum Gasteiger partial charge on any atom is 0.387 e. The van der Waals surface area contributed by atoms with Gasteiger partial charge in [-0.25, -0.2) is 14.5 Å². The van der Waals surface area contributed by atoms with Gasteiger partial charge in [0.25, 0.3) is 5.56 Å². The molecule has 1 N–H and O–H groups in total. The quantitative estimate of drug-likeness (QED) is 0.319. The Morgan fingerprint density at radius 2 is 1.88 bits per heavy atom. The van der Waals surface area contributed by atoms with Crippen molar-refractivity contribution >= 4 is 34.3 Å². The van der Waals surface area contributed by atoms with E-state index in [1.807, 2.05) is 13.0 Å². The third kappa shape index (κ3) is 5.35. The number of ether oxygens (including phenoxy) is 1. The Labute approximate surface area is 191 Å². The summed E-state index contributed by atoms with van der Waals surface area (Å²) in [7, 11) is 0. The molecule has 0 saturated heterocycles. The van der Waals surface area contributed by atoms with Crippen LogP contribution in [-0.4, -0.2) is 32.8 Å². The van der Waals surface area contributed by atoms with Gasteiger partial charge in [0, 0.05) is 11.9 Å². The smallest absolute Gasteiger partial charge is 0.387 e. The fraction of sp³-hybridized carbons (Fsp3) is 0.130. The molecule has 2 heterocycles. The minimum atomic E-state index is -2.92. The molecule has 0 aliphatic heterocycles. The van der Waals surface area contributed by atoms with E-state index in [0.29, 0.717) is 27.6 Å². The van der Waals surface area contributed by atoms with Crippen molar-refractivity contribution in [1.29, 1.82) is 0 Å². The first-order valence-electron chi connectivity index (χ1n) is 9.83. The third-order valence-electron chi connectivity index (χ3n) is 4.57. The van der Waals surface area contributed by atoms with Crippen LogP contribution in [0.4, 0.5) is 14.5 Å². The first-order valence-corrected chi connectivity index (χ1v) is 10.8. The molecule has 0 saturated carbocycles. The highest BCUT2D eigenvalue weighted by atomic mass is 32.2. The molecule has 10 heteroatoms. The molecule has 0 aliphatic rings. The molecule has 0 radical (unpaired) electrons. The van der Waals surface area contributed by atoms with Gasteiger partial charge in [-0.05, 0) is 55.0 Å². The minimum Gasteiger partial charge on any atom is -0.435 e. The number of thioether (sulfide) groups is 1. The summed E-state index contributed by atoms with van der Waals surface area (Å²) in [5.41, 5.74) is 1.60. The second kappa shape index (κ2) is 9.78. The molecule has 2 aromatic heterocycles. The van der Waals surface area contributed by atoms with Gasteiger partial charge in [0.15, 0.2) is 5.16 Å². The van der Waals surface area contributed by atoms with E-state index in [4.69, 9.17) is 0 Å². The van der Waals surface area contributed by atoms with Gasteiger partial charge in [-0.15, -0.1) is 0 Å². The van der Waals surface area contributed by atoms with Gasteiger partial charge >= 0.3 is 6.61 Å². The van der Waals surface area contributed by atoms with Crippen molar-refractivity contribution in [1.82, 2.24) is 14.5 Å². The fourth-order valence-electron chi connectivity index (χ4n) is 3.05. The number of hydrogen-bond donors (Lipinski definition) is 1. The molecule has 1 amide bonds. The molecular weight excluding hydrogens is 450 g/mol. The van der Waals surface area contributed by atoms with Crippen molar-refractivity contribution in [3.8, 4) is 11.6 Å². The molecule has 0 bridgehead atoms. The number of pyridine rings is 1. The largest absolute Gasteiger partial charge is 0.435 e. The molecule has 0 spiro atoms. The molecule has 4 rings (SSSR count). The Morgan fingerprint density at radius 1 is 1.12 bits per heavy atom. The number of fused-ring (bicyclic) bond motifs is 1. The lowest BCUT2D eigenvalue weighted by Gasteiger charge is -2.13. The molecule has 33 heavy (non-hydrogen) atoms. The SMILES string of the molecule is Cc1ccc(-n2c(SCC(=O)Nc3ccc(OC(F)F)cc3)nc3ccccc3c2=O)nc1. The topological polar surface area (TPSA) is 86.1 Å². The summed E-state index contributed by atoms with van der Waals surface area (Å²) in [5.74, 6) is 0.00781. The Morgan fingerprint density at radius 3 is 2.58 bits per heavy atom. The van der Waals surface area contributed by atoms with Crippen molar-refractivity contribution in [2.45, 2.75) is 18.7 Å². The Bertz CT molecular complexity index is 1340. The predicted octanol–water partition coefficient (Wildman–Crippen LogP) is 4.42. The van der Waals surface area contributed by atoms with E-state index in [1.54, 1.807) is 36.5 Å². The first-order chi connectivity index (χ1) is 15.9. The number of hydrogen-bond acceptors (Lipinski definition) is 6. The number of rotatable bonds is 7. The van der Waals surface area contributed by atoms with E-state index in [2.05, 4.69) is 20.0 Å². The van der Waals surface area contributed by atoms with Crippen LogP contribution in [0, 0.1) is 6.92 Å². The summed E-state index contributed by atoms with van der Waals surface area (Å²) in [6.07, 6.45) is 1.65. The number of nitrogens with zero attached hydrogens (tertiary/aromatic N) is 3. The lowest BCUT2D eigenvalue weighted by Crippen LogP contribution is -2.23. The van der Waals surface area contributed by atoms with Gasteiger partial charge in [0.2, 0.25) is 5.91 Å². The third-order valence-corrected chi connectivity index (χ3v) is 5.50. The van der Waals surface area contributed by atoms with Crippen molar-refractivity contribution in [2.75, 3.05) is 11.1 Å². The summed E-state index contributed by atoms with van der Waals surface area (Å²) in [6.45, 7) is -1.03. The van der Waals surface area contributed by atoms with Crippen molar-refractivity contribution in [3.05, 3.63) is 82.8 Å². The number of anilines is 1. The maximum atomic E-state index is 13.2. The zero-order valence-corrected chi connectivity index (χ0v) is 18.2. The van der Waals surface area contributed by atoms with Gasteiger partial charge in [0.1, 0.15) is 11.6 Å². The number of para-hydroxylation sites is 1. The fourth-order valence-corrected chi connectivity index (χ4v) is 3.85. The molecule has 0 unspecified atom stereocenters. The van der Waals surface area contributed by atoms with E-state index in [0.717, 1.165) is 17.3 Å². The lowest BCUT2D eigenvalue weighted by molar-refractivity contribution is -0.113. The number of alkyl halides is 2. The maximum absolute atomic E-state index is 13.2. The number of carbonyl (C=O) groups is 1. The molecule has 0 aliphatic carbocycles. The van der Waals surface area contributed by atoms with Crippen LogP contribution in [0.15, 0.2) is 76.8 Å². The van der Waals surface area contributed by atoms with E-state index in [1.165, 1.54) is 28.8 Å². The van der Waals surface area contributed by atoms with E-state index in [-0.39, 0.29) is 23.0 Å². The second-order valence-electron chi connectivity index (χ2n) is 6.99. The number of aryl methyl sites for hydroxylation is 1. The highest BCUT2D eigenvalue weighted by Crippen LogP contribution is 2.22. The summed E-state index contributed by atoms with van der Waals surface area (Å²) in [6, 6.07) is 16.1. The molecule has 7 nitrogen and oxygen atoms in total. The van der Waals surface area contributed by atoms with E-state index >= 15 is 0 Å². The Balaban J connectivity index is 1.56. The van der Waals surface area contributed by atoms with Gasteiger partial charge in [-0.1, -0.05) is 30.0 Å². The van der Waals surface area contributed by atoms with Gasteiger partial charge in [0.05, 0.1) is 16.7 Å².